The molecule has 0 radical (unpaired) electrons. The van der Waals surface area contributed by atoms with Crippen LogP contribution in [0.4, 0.5) is 4.79 Å². The Kier molecular flexibility index (Phi) is 4.92. The third-order valence-electron chi connectivity index (χ3n) is 2.70. The van der Waals surface area contributed by atoms with Crippen LogP contribution in [0.2, 0.25) is 0 Å². The molecule has 3 N–H and O–H groups in total. The molecule has 0 aliphatic carbocycles. The molecule has 0 aromatic heterocycles. The van der Waals surface area contributed by atoms with Gasteiger partial charge in [0.2, 0.25) is 0 Å². The van der Waals surface area contributed by atoms with E-state index in [1.54, 1.807) is 17.4 Å². The van der Waals surface area contributed by atoms with Crippen LogP contribution in [0.25, 0.3) is 10.8 Å². The number of carbonyl (C=O) groups is 3. The number of benzene rings is 2. The molecule has 0 spiro atoms. The number of ether oxygens (including phenoxy) is 2. The number of nitrogens with two attached hydrogens (primary N) is 1. The van der Waals surface area contributed by atoms with E-state index in [-0.39, 0.29) is 6.61 Å². The molecule has 0 aliphatic rings. The van der Waals surface area contributed by atoms with Crippen LogP contribution in [0.15, 0.2) is 42.5 Å². The zero-order valence-electron chi connectivity index (χ0n) is 11.6. The number of imide groups is 1. The van der Waals surface area contributed by atoms with Crippen LogP contribution >= 0.6 is 0 Å². The number of hydrogen-bond acceptors (Lipinski definition) is 5. The molecule has 2 rings (SSSR count). The highest BCUT2D eigenvalue weighted by Crippen LogP contribution is 2.20. The van der Waals surface area contributed by atoms with Crippen molar-refractivity contribution in [1.82, 2.24) is 5.32 Å². The summed E-state index contributed by atoms with van der Waals surface area (Å²) in [4.78, 5) is 32.9. The summed E-state index contributed by atoms with van der Waals surface area (Å²) in [6.45, 7) is -0.939. The van der Waals surface area contributed by atoms with Gasteiger partial charge in [-0.3, -0.25) is 10.1 Å². The van der Waals surface area contributed by atoms with E-state index in [0.717, 1.165) is 10.8 Å². The van der Waals surface area contributed by atoms with Crippen molar-refractivity contribution in [2.24, 2.45) is 5.73 Å². The van der Waals surface area contributed by atoms with Crippen LogP contribution in [0.1, 0.15) is 0 Å². The zero-order chi connectivity index (χ0) is 15.9. The summed E-state index contributed by atoms with van der Waals surface area (Å²) in [6.07, 6.45) is 0. The molecule has 7 heteroatoms. The van der Waals surface area contributed by atoms with Gasteiger partial charge in [-0.1, -0.05) is 30.3 Å². The lowest BCUT2D eigenvalue weighted by Crippen LogP contribution is -2.38. The summed E-state index contributed by atoms with van der Waals surface area (Å²) in [5, 5.41) is 3.81. The van der Waals surface area contributed by atoms with Crippen LogP contribution in [0.3, 0.4) is 0 Å². The number of primary amides is 1. The van der Waals surface area contributed by atoms with Gasteiger partial charge in [0.1, 0.15) is 5.75 Å². The number of nitrogens with one attached hydrogen (secondary N) is 1. The molecular formula is C15H14N2O5. The second-order valence-electron chi connectivity index (χ2n) is 4.37. The minimum Gasteiger partial charge on any atom is -0.482 e. The average molecular weight is 302 g/mol. The van der Waals surface area contributed by atoms with Gasteiger partial charge in [-0.05, 0) is 22.9 Å². The van der Waals surface area contributed by atoms with E-state index in [0.29, 0.717) is 5.75 Å². The van der Waals surface area contributed by atoms with Gasteiger partial charge in [-0.2, -0.15) is 0 Å². The zero-order valence-corrected chi connectivity index (χ0v) is 11.6. The number of esters is 1. The standard InChI is InChI=1S/C15H14N2O5/c16-15(20)17-13(18)8-22-14(19)9-21-12-6-5-10-3-1-2-4-11(10)7-12/h1-7H,8-9H2,(H3,16,17,18,20). The van der Waals surface area contributed by atoms with Gasteiger partial charge in [0.25, 0.3) is 5.91 Å². The molecule has 2 aromatic carbocycles. The first-order valence-electron chi connectivity index (χ1n) is 6.41. The largest absolute Gasteiger partial charge is 0.482 e. The van der Waals surface area contributed by atoms with E-state index < -0.39 is 24.5 Å². The molecule has 0 unspecified atom stereocenters. The highest BCUT2D eigenvalue weighted by molar-refractivity contribution is 5.94. The molecule has 0 fully saturated rings. The van der Waals surface area contributed by atoms with Gasteiger partial charge < -0.3 is 15.2 Å². The van der Waals surface area contributed by atoms with Crippen molar-refractivity contribution in [3.8, 4) is 5.75 Å². The van der Waals surface area contributed by atoms with Gasteiger partial charge in [0, 0.05) is 0 Å². The topological polar surface area (TPSA) is 108 Å². The van der Waals surface area contributed by atoms with Crippen molar-refractivity contribution >= 4 is 28.7 Å². The summed E-state index contributed by atoms with van der Waals surface area (Å²) >= 11 is 0. The molecule has 0 aliphatic heterocycles. The van der Waals surface area contributed by atoms with Crippen LogP contribution in [0.5, 0.6) is 5.75 Å². The summed E-state index contributed by atoms with van der Waals surface area (Å²) in [7, 11) is 0. The lowest BCUT2D eigenvalue weighted by atomic mass is 10.1. The normalized spacial score (nSPS) is 10.0. The number of amides is 3. The first-order chi connectivity index (χ1) is 10.5. The minimum absolute atomic E-state index is 0.345. The fourth-order valence-electron chi connectivity index (χ4n) is 1.76. The summed E-state index contributed by atoms with van der Waals surface area (Å²) in [5.74, 6) is -1.02. The van der Waals surface area contributed by atoms with E-state index in [9.17, 15) is 14.4 Å². The average Bonchev–Trinajstić information content (AvgIpc) is 2.50. The van der Waals surface area contributed by atoms with Crippen molar-refractivity contribution in [1.29, 1.82) is 0 Å². The van der Waals surface area contributed by atoms with Gasteiger partial charge in [-0.25, -0.2) is 9.59 Å². The SMILES string of the molecule is NC(=O)NC(=O)COC(=O)COc1ccc2ccccc2c1. The van der Waals surface area contributed by atoms with Gasteiger partial charge in [0.05, 0.1) is 0 Å². The fraction of sp³-hybridized carbons (Fsp3) is 0.133. The predicted octanol–water partition coefficient (Wildman–Crippen LogP) is 0.957. The van der Waals surface area contributed by atoms with Crippen molar-refractivity contribution in [3.05, 3.63) is 42.5 Å². The molecule has 0 saturated heterocycles. The van der Waals surface area contributed by atoms with Crippen molar-refractivity contribution in [2.45, 2.75) is 0 Å². The first kappa shape index (κ1) is 15.3. The third kappa shape index (κ3) is 4.48. The van der Waals surface area contributed by atoms with E-state index >= 15 is 0 Å². The smallest absolute Gasteiger partial charge is 0.344 e. The number of fused-ring (bicyclic) bond motifs is 1. The van der Waals surface area contributed by atoms with Crippen LogP contribution < -0.4 is 15.8 Å². The van der Waals surface area contributed by atoms with Crippen LogP contribution in [0, 0.1) is 0 Å². The Balaban J connectivity index is 1.82. The first-order valence-corrected chi connectivity index (χ1v) is 6.41. The number of hydrogen-bond donors (Lipinski definition) is 2. The Bertz CT molecular complexity index is 714. The van der Waals surface area contributed by atoms with E-state index in [4.69, 9.17) is 10.5 Å². The predicted molar refractivity (Wildman–Crippen MR) is 78.1 cm³/mol. The molecule has 22 heavy (non-hydrogen) atoms. The highest BCUT2D eigenvalue weighted by atomic mass is 16.6. The maximum Gasteiger partial charge on any atom is 0.344 e. The Morgan fingerprint density at radius 2 is 1.73 bits per heavy atom. The molecule has 0 saturated carbocycles. The van der Waals surface area contributed by atoms with Crippen molar-refractivity contribution in [2.75, 3.05) is 13.2 Å². The maximum absolute atomic E-state index is 11.4. The third-order valence-corrected chi connectivity index (χ3v) is 2.70. The lowest BCUT2D eigenvalue weighted by molar-refractivity contribution is -0.150. The van der Waals surface area contributed by atoms with E-state index in [1.165, 1.54) is 0 Å². The molecule has 114 valence electrons. The Labute approximate surface area is 126 Å². The Morgan fingerprint density at radius 1 is 1.00 bits per heavy atom. The van der Waals surface area contributed by atoms with Gasteiger partial charge >= 0.3 is 12.0 Å². The summed E-state index contributed by atoms with van der Waals surface area (Å²) < 4.78 is 9.92. The second kappa shape index (κ2) is 7.07. The molecule has 0 heterocycles. The minimum atomic E-state index is -1.01. The monoisotopic (exact) mass is 302 g/mol. The van der Waals surface area contributed by atoms with Crippen LogP contribution in [-0.2, 0) is 14.3 Å². The second-order valence-corrected chi connectivity index (χ2v) is 4.37. The molecule has 3 amide bonds. The quantitative estimate of drug-likeness (QED) is 0.800. The lowest BCUT2D eigenvalue weighted by Gasteiger charge is -2.07. The number of carbonyl (C=O) groups excluding carboxylic acids is 3. The molecule has 2 aromatic rings. The van der Waals surface area contributed by atoms with Crippen molar-refractivity contribution in [3.63, 3.8) is 0 Å². The van der Waals surface area contributed by atoms with Crippen LogP contribution in [-0.4, -0.2) is 31.1 Å². The number of urea groups is 1. The Hall–Kier alpha value is -3.09. The van der Waals surface area contributed by atoms with Gasteiger partial charge in [-0.15, -0.1) is 0 Å². The summed E-state index contributed by atoms with van der Waals surface area (Å²) in [6, 6.07) is 12.1. The molecular weight excluding hydrogens is 288 g/mol. The van der Waals surface area contributed by atoms with E-state index in [1.807, 2.05) is 30.3 Å². The van der Waals surface area contributed by atoms with Gasteiger partial charge in [0.15, 0.2) is 13.2 Å². The number of rotatable bonds is 5. The highest BCUT2D eigenvalue weighted by Gasteiger charge is 2.09. The molecule has 7 nitrogen and oxygen atoms in total. The fourth-order valence-corrected chi connectivity index (χ4v) is 1.76. The summed E-state index contributed by atoms with van der Waals surface area (Å²) in [5.41, 5.74) is 4.74. The van der Waals surface area contributed by atoms with E-state index in [2.05, 4.69) is 4.74 Å². The molecule has 0 atom stereocenters. The Morgan fingerprint density at radius 3 is 2.45 bits per heavy atom. The van der Waals surface area contributed by atoms with Crippen molar-refractivity contribution < 1.29 is 23.9 Å². The molecule has 0 bridgehead atoms. The maximum atomic E-state index is 11.4.